The summed E-state index contributed by atoms with van der Waals surface area (Å²) < 4.78 is 2.37. The monoisotopic (exact) mass is 245 g/mol. The van der Waals surface area contributed by atoms with E-state index in [1.54, 1.807) is 0 Å². The summed E-state index contributed by atoms with van der Waals surface area (Å²) in [6.07, 6.45) is 0. The van der Waals surface area contributed by atoms with Gasteiger partial charge in [0.25, 0.3) is 0 Å². The number of nitrogens with one attached hydrogen (secondary N) is 1. The molecule has 1 heterocycles. The Morgan fingerprint density at radius 1 is 1.33 bits per heavy atom. The Balaban J connectivity index is 2.48. The van der Waals surface area contributed by atoms with Crippen molar-refractivity contribution in [2.75, 3.05) is 0 Å². The Morgan fingerprint density at radius 2 is 2.11 bits per heavy atom. The summed E-state index contributed by atoms with van der Waals surface area (Å²) >= 11 is 0. The van der Waals surface area contributed by atoms with Crippen molar-refractivity contribution in [2.45, 2.75) is 46.4 Å². The second kappa shape index (κ2) is 5.55. The Bertz CT molecular complexity index is 526. The Hall–Kier alpha value is -1.32. The second-order valence-corrected chi connectivity index (χ2v) is 4.97. The zero-order valence-electron chi connectivity index (χ0n) is 11.5. The minimum absolute atomic E-state index is 0.502. The molecule has 2 aromatic rings. The summed E-state index contributed by atoms with van der Waals surface area (Å²) in [5, 5.41) is 4.77. The first-order valence-corrected chi connectivity index (χ1v) is 6.70. The minimum atomic E-state index is 0.502. The number of hydrogen-bond acceptors (Lipinski definition) is 2. The maximum atomic E-state index is 5.84. The van der Waals surface area contributed by atoms with Gasteiger partial charge in [-0.3, -0.25) is 0 Å². The molecular formula is C15H23N3. The van der Waals surface area contributed by atoms with Crippen LogP contribution >= 0.6 is 0 Å². The van der Waals surface area contributed by atoms with Crippen LogP contribution < -0.4 is 11.1 Å². The van der Waals surface area contributed by atoms with Crippen molar-refractivity contribution in [3.05, 3.63) is 35.5 Å². The molecular weight excluding hydrogens is 222 g/mol. The molecule has 3 heteroatoms. The largest absolute Gasteiger partial charge is 0.343 e. The highest BCUT2D eigenvalue weighted by Gasteiger charge is 2.10. The Kier molecular flexibility index (Phi) is 4.04. The third kappa shape index (κ3) is 2.42. The average molecular weight is 245 g/mol. The molecule has 0 amide bonds. The van der Waals surface area contributed by atoms with Crippen molar-refractivity contribution in [3.8, 4) is 0 Å². The van der Waals surface area contributed by atoms with Crippen molar-refractivity contribution >= 4 is 10.9 Å². The predicted octanol–water partition coefficient (Wildman–Crippen LogP) is 2.62. The van der Waals surface area contributed by atoms with Gasteiger partial charge in [-0.25, -0.2) is 0 Å². The highest BCUT2D eigenvalue weighted by Crippen LogP contribution is 2.23. The van der Waals surface area contributed by atoms with E-state index in [-0.39, 0.29) is 0 Å². The Morgan fingerprint density at radius 3 is 2.72 bits per heavy atom. The first-order chi connectivity index (χ1) is 8.67. The lowest BCUT2D eigenvalue weighted by atomic mass is 10.1. The zero-order chi connectivity index (χ0) is 13.1. The standard InChI is InChI=1S/C15H23N3/c1-4-18-14(10-17-11(2)3)8-12-6-5-7-13(9-16)15(12)18/h5-8,11,17H,4,9-10,16H2,1-3H3. The van der Waals surface area contributed by atoms with Gasteiger partial charge in [0.1, 0.15) is 0 Å². The van der Waals surface area contributed by atoms with Gasteiger partial charge in [0.2, 0.25) is 0 Å². The summed E-state index contributed by atoms with van der Waals surface area (Å²) in [6.45, 7) is 9.01. The maximum Gasteiger partial charge on any atom is 0.0528 e. The molecule has 98 valence electrons. The number of nitrogens with two attached hydrogens (primary N) is 1. The third-order valence-corrected chi connectivity index (χ3v) is 3.32. The number of hydrogen-bond donors (Lipinski definition) is 2. The first kappa shape index (κ1) is 13.1. The molecule has 1 aromatic heterocycles. The van der Waals surface area contributed by atoms with E-state index >= 15 is 0 Å². The van der Waals surface area contributed by atoms with Crippen LogP contribution in [0.1, 0.15) is 32.0 Å². The van der Waals surface area contributed by atoms with E-state index < -0.39 is 0 Å². The van der Waals surface area contributed by atoms with E-state index in [0.717, 1.165) is 13.1 Å². The van der Waals surface area contributed by atoms with Gasteiger partial charge in [0.05, 0.1) is 5.52 Å². The lowest BCUT2D eigenvalue weighted by Crippen LogP contribution is -2.23. The fourth-order valence-corrected chi connectivity index (χ4v) is 2.44. The van der Waals surface area contributed by atoms with E-state index in [1.807, 2.05) is 0 Å². The highest BCUT2D eigenvalue weighted by atomic mass is 15.0. The summed E-state index contributed by atoms with van der Waals surface area (Å²) in [4.78, 5) is 0. The summed E-state index contributed by atoms with van der Waals surface area (Å²) in [6, 6.07) is 9.15. The number of rotatable bonds is 5. The van der Waals surface area contributed by atoms with Gasteiger partial charge in [-0.2, -0.15) is 0 Å². The number of fused-ring (bicyclic) bond motifs is 1. The van der Waals surface area contributed by atoms with E-state index in [9.17, 15) is 0 Å². The fraction of sp³-hybridized carbons (Fsp3) is 0.467. The average Bonchev–Trinajstić information content (AvgIpc) is 2.73. The fourth-order valence-electron chi connectivity index (χ4n) is 2.44. The van der Waals surface area contributed by atoms with E-state index in [0.29, 0.717) is 12.6 Å². The smallest absolute Gasteiger partial charge is 0.0528 e. The van der Waals surface area contributed by atoms with Gasteiger partial charge in [-0.1, -0.05) is 32.0 Å². The molecule has 0 atom stereocenters. The number of benzene rings is 1. The van der Waals surface area contributed by atoms with Crippen LogP contribution in [-0.2, 0) is 19.6 Å². The van der Waals surface area contributed by atoms with Crippen LogP contribution in [0.5, 0.6) is 0 Å². The summed E-state index contributed by atoms with van der Waals surface area (Å²) in [5.74, 6) is 0. The molecule has 0 aliphatic carbocycles. The molecule has 3 N–H and O–H groups in total. The van der Waals surface area contributed by atoms with Crippen LogP contribution in [0.15, 0.2) is 24.3 Å². The number of aromatic nitrogens is 1. The first-order valence-electron chi connectivity index (χ1n) is 6.70. The predicted molar refractivity (Wildman–Crippen MR) is 77.5 cm³/mol. The van der Waals surface area contributed by atoms with Crippen molar-refractivity contribution in [2.24, 2.45) is 5.73 Å². The zero-order valence-corrected chi connectivity index (χ0v) is 11.5. The summed E-state index contributed by atoms with van der Waals surface area (Å²) in [7, 11) is 0. The van der Waals surface area contributed by atoms with Crippen molar-refractivity contribution in [1.29, 1.82) is 0 Å². The lowest BCUT2D eigenvalue weighted by molar-refractivity contribution is 0.564. The molecule has 0 spiro atoms. The van der Waals surface area contributed by atoms with Crippen LogP contribution in [0.3, 0.4) is 0 Å². The number of para-hydroxylation sites is 1. The van der Waals surface area contributed by atoms with Crippen LogP contribution in [0.2, 0.25) is 0 Å². The molecule has 0 aliphatic rings. The van der Waals surface area contributed by atoms with Gasteiger partial charge in [0.15, 0.2) is 0 Å². The molecule has 3 nitrogen and oxygen atoms in total. The van der Waals surface area contributed by atoms with Crippen molar-refractivity contribution < 1.29 is 0 Å². The molecule has 0 bridgehead atoms. The number of nitrogens with zero attached hydrogens (tertiary/aromatic N) is 1. The van der Waals surface area contributed by atoms with Gasteiger partial charge in [-0.15, -0.1) is 0 Å². The van der Waals surface area contributed by atoms with Crippen molar-refractivity contribution in [3.63, 3.8) is 0 Å². The third-order valence-electron chi connectivity index (χ3n) is 3.32. The molecule has 0 saturated carbocycles. The quantitative estimate of drug-likeness (QED) is 0.850. The van der Waals surface area contributed by atoms with Gasteiger partial charge in [0, 0.05) is 36.8 Å². The minimum Gasteiger partial charge on any atom is -0.343 e. The topological polar surface area (TPSA) is 43.0 Å². The van der Waals surface area contributed by atoms with Crippen LogP contribution in [0.25, 0.3) is 10.9 Å². The molecule has 2 rings (SSSR count). The molecule has 0 aliphatic heterocycles. The molecule has 0 unspecified atom stereocenters. The van der Waals surface area contributed by atoms with E-state index in [1.165, 1.54) is 22.2 Å². The van der Waals surface area contributed by atoms with Gasteiger partial charge < -0.3 is 15.6 Å². The van der Waals surface area contributed by atoms with Crippen LogP contribution in [0, 0.1) is 0 Å². The summed E-state index contributed by atoms with van der Waals surface area (Å²) in [5.41, 5.74) is 9.70. The normalized spacial score (nSPS) is 11.6. The Labute approximate surface area is 109 Å². The number of aryl methyl sites for hydroxylation is 1. The van der Waals surface area contributed by atoms with Crippen LogP contribution in [0.4, 0.5) is 0 Å². The highest BCUT2D eigenvalue weighted by molar-refractivity contribution is 5.84. The molecule has 0 radical (unpaired) electrons. The lowest BCUT2D eigenvalue weighted by Gasteiger charge is -2.12. The van der Waals surface area contributed by atoms with Crippen LogP contribution in [-0.4, -0.2) is 10.6 Å². The molecule has 0 saturated heterocycles. The molecule has 18 heavy (non-hydrogen) atoms. The maximum absolute atomic E-state index is 5.84. The van der Waals surface area contributed by atoms with E-state index in [4.69, 9.17) is 5.73 Å². The molecule has 1 aromatic carbocycles. The molecule has 0 fully saturated rings. The van der Waals surface area contributed by atoms with E-state index in [2.05, 4.69) is 54.9 Å². The van der Waals surface area contributed by atoms with Crippen molar-refractivity contribution in [1.82, 2.24) is 9.88 Å². The van der Waals surface area contributed by atoms with Gasteiger partial charge in [-0.05, 0) is 18.6 Å². The SMILES string of the molecule is CCn1c(CNC(C)C)cc2cccc(CN)c21. The second-order valence-electron chi connectivity index (χ2n) is 4.97. The van der Waals surface area contributed by atoms with Gasteiger partial charge >= 0.3 is 0 Å².